The first-order valence-corrected chi connectivity index (χ1v) is 12.6. The number of amides is 2. The Bertz CT molecular complexity index is 461. The number of carbonyl (C=O) groups excluding carboxylic acids is 2. The van der Waals surface area contributed by atoms with Gasteiger partial charge in [0.2, 0.25) is 0 Å². The molecule has 0 radical (unpaired) electrons. The molecule has 0 saturated heterocycles. The van der Waals surface area contributed by atoms with Crippen LogP contribution >= 0.6 is 0 Å². The normalized spacial score (nSPS) is 12.6. The summed E-state index contributed by atoms with van der Waals surface area (Å²) in [7, 11) is 6.16. The zero-order valence-corrected chi connectivity index (χ0v) is 21.4. The second kappa shape index (κ2) is 18.3. The molecule has 6 nitrogen and oxygen atoms in total. The number of nitrogens with one attached hydrogen (secondary N) is 2. The van der Waals surface area contributed by atoms with E-state index in [4.69, 9.17) is 4.74 Å². The van der Waals surface area contributed by atoms with Crippen LogP contribution in [-0.2, 0) is 9.53 Å². The van der Waals surface area contributed by atoms with Crippen LogP contribution in [0.3, 0.4) is 0 Å². The van der Waals surface area contributed by atoms with Gasteiger partial charge < -0.3 is 19.9 Å². The third-order valence-corrected chi connectivity index (χ3v) is 5.16. The zero-order valence-electron chi connectivity index (χ0n) is 21.4. The maximum absolute atomic E-state index is 12.3. The van der Waals surface area contributed by atoms with Crippen molar-refractivity contribution in [3.8, 4) is 0 Å². The highest BCUT2D eigenvalue weighted by Gasteiger charge is 2.23. The summed E-state index contributed by atoms with van der Waals surface area (Å²) in [6.07, 6.45) is 14.4. The fourth-order valence-corrected chi connectivity index (χ4v) is 3.57. The van der Waals surface area contributed by atoms with Gasteiger partial charge in [-0.05, 0) is 12.3 Å². The standard InChI is InChI=1S/C25H51N3O3/c1-7-8-9-10-11-12-13-14-15-16-17-18-26-25(30)27-23(20-28(4,5)6)19-24(29)31-21-22(2)3/h22-23H,7-21H2,1-6H3,(H-,26,27,30)/p+1/t23-/m1/s1. The van der Waals surface area contributed by atoms with Gasteiger partial charge in [-0.2, -0.15) is 0 Å². The maximum atomic E-state index is 12.3. The molecule has 6 heteroatoms. The summed E-state index contributed by atoms with van der Waals surface area (Å²) in [6, 6.07) is -0.431. The maximum Gasteiger partial charge on any atom is 0.315 e. The molecule has 1 atom stereocenters. The van der Waals surface area contributed by atoms with Gasteiger partial charge in [-0.1, -0.05) is 85.0 Å². The highest BCUT2D eigenvalue weighted by atomic mass is 16.5. The third kappa shape index (κ3) is 21.7. The lowest BCUT2D eigenvalue weighted by atomic mass is 10.1. The highest BCUT2D eigenvalue weighted by Crippen LogP contribution is 2.11. The second-order valence-corrected chi connectivity index (χ2v) is 10.4. The predicted molar refractivity (Wildman–Crippen MR) is 130 cm³/mol. The summed E-state index contributed by atoms with van der Waals surface area (Å²) in [6.45, 7) is 8.04. The number of hydrogen-bond acceptors (Lipinski definition) is 3. The van der Waals surface area contributed by atoms with Gasteiger partial charge in [0.05, 0.1) is 46.8 Å². The van der Waals surface area contributed by atoms with E-state index in [1.165, 1.54) is 57.8 Å². The first kappa shape index (κ1) is 29.7. The van der Waals surface area contributed by atoms with Crippen molar-refractivity contribution >= 4 is 12.0 Å². The molecule has 184 valence electrons. The number of nitrogens with zero attached hydrogens (tertiary/aromatic N) is 1. The van der Waals surface area contributed by atoms with Crippen molar-refractivity contribution in [1.29, 1.82) is 0 Å². The van der Waals surface area contributed by atoms with Crippen molar-refractivity contribution in [1.82, 2.24) is 10.6 Å². The van der Waals surface area contributed by atoms with Gasteiger partial charge in [-0.25, -0.2) is 4.79 Å². The minimum absolute atomic E-state index is 0.192. The molecule has 0 aromatic heterocycles. The van der Waals surface area contributed by atoms with E-state index in [0.717, 1.165) is 12.8 Å². The first-order chi connectivity index (χ1) is 14.6. The third-order valence-electron chi connectivity index (χ3n) is 5.16. The van der Waals surface area contributed by atoms with Gasteiger partial charge in [-0.3, -0.25) is 4.79 Å². The Labute approximate surface area is 192 Å². The molecule has 2 N–H and O–H groups in total. The molecular formula is C25H52N3O3+. The van der Waals surface area contributed by atoms with Crippen LogP contribution in [0.2, 0.25) is 0 Å². The largest absolute Gasteiger partial charge is 0.465 e. The summed E-state index contributed by atoms with van der Waals surface area (Å²) in [5.74, 6) is 0.0562. The fourth-order valence-electron chi connectivity index (χ4n) is 3.57. The molecule has 0 aliphatic carbocycles. The minimum atomic E-state index is -0.252. The van der Waals surface area contributed by atoms with Crippen molar-refractivity contribution in [3.63, 3.8) is 0 Å². The lowest BCUT2D eigenvalue weighted by molar-refractivity contribution is -0.871. The van der Waals surface area contributed by atoms with Crippen LogP contribution in [-0.4, -0.2) is 63.4 Å². The van der Waals surface area contributed by atoms with Gasteiger partial charge in [0, 0.05) is 6.54 Å². The van der Waals surface area contributed by atoms with Crippen LogP contribution < -0.4 is 10.6 Å². The number of rotatable bonds is 19. The number of quaternary nitrogens is 1. The van der Waals surface area contributed by atoms with Gasteiger partial charge >= 0.3 is 12.0 Å². The Hall–Kier alpha value is -1.30. The summed E-state index contributed by atoms with van der Waals surface area (Å²) >= 11 is 0. The summed E-state index contributed by atoms with van der Waals surface area (Å²) in [5.41, 5.74) is 0. The van der Waals surface area contributed by atoms with Crippen molar-refractivity contribution in [2.24, 2.45) is 5.92 Å². The van der Waals surface area contributed by atoms with Crippen LogP contribution in [0.1, 0.15) is 97.8 Å². The molecular weight excluding hydrogens is 390 g/mol. The number of carbonyl (C=O) groups is 2. The number of ether oxygens (including phenoxy) is 1. The predicted octanol–water partition coefficient (Wildman–Crippen LogP) is 5.26. The number of esters is 1. The molecule has 0 heterocycles. The van der Waals surface area contributed by atoms with Crippen LogP contribution in [0.15, 0.2) is 0 Å². The van der Waals surface area contributed by atoms with Crippen molar-refractivity contribution in [2.75, 3.05) is 40.8 Å². The smallest absolute Gasteiger partial charge is 0.315 e. The molecule has 0 rings (SSSR count). The quantitative estimate of drug-likeness (QED) is 0.163. The molecule has 0 saturated carbocycles. The average molecular weight is 443 g/mol. The molecule has 0 aliphatic rings. The van der Waals surface area contributed by atoms with Crippen LogP contribution in [0.5, 0.6) is 0 Å². The first-order valence-electron chi connectivity index (χ1n) is 12.6. The van der Waals surface area contributed by atoms with E-state index >= 15 is 0 Å². The number of hydrogen-bond donors (Lipinski definition) is 2. The van der Waals surface area contributed by atoms with Gasteiger partial charge in [0.25, 0.3) is 0 Å². The summed E-state index contributed by atoms with van der Waals surface area (Å²) in [4.78, 5) is 24.4. The Morgan fingerprint density at radius 3 is 1.84 bits per heavy atom. The SMILES string of the molecule is CCCCCCCCCCCCCNC(=O)N[C@H](CC(=O)OCC(C)C)C[N+](C)(C)C. The molecule has 31 heavy (non-hydrogen) atoms. The molecule has 0 bridgehead atoms. The minimum Gasteiger partial charge on any atom is -0.465 e. The van der Waals surface area contributed by atoms with Gasteiger partial charge in [-0.15, -0.1) is 0 Å². The molecule has 0 aromatic rings. The molecule has 2 amide bonds. The zero-order chi connectivity index (χ0) is 23.5. The number of unbranched alkanes of at least 4 members (excludes halogenated alkanes) is 10. The monoisotopic (exact) mass is 442 g/mol. The molecule has 0 aromatic carbocycles. The van der Waals surface area contributed by atoms with Gasteiger partial charge in [0.1, 0.15) is 0 Å². The Kier molecular flexibility index (Phi) is 17.5. The van der Waals surface area contributed by atoms with Crippen LogP contribution in [0.4, 0.5) is 4.79 Å². The fraction of sp³-hybridized carbons (Fsp3) is 0.920. The van der Waals surface area contributed by atoms with E-state index in [1.807, 2.05) is 13.8 Å². The molecule has 0 spiro atoms. The lowest BCUT2D eigenvalue weighted by Crippen LogP contribution is -2.52. The molecule has 0 aliphatic heterocycles. The van der Waals surface area contributed by atoms with E-state index in [9.17, 15) is 9.59 Å². The van der Waals surface area contributed by atoms with Crippen molar-refractivity contribution < 1.29 is 18.8 Å². The second-order valence-electron chi connectivity index (χ2n) is 10.4. The van der Waals surface area contributed by atoms with E-state index in [2.05, 4.69) is 38.7 Å². The van der Waals surface area contributed by atoms with E-state index in [1.54, 1.807) is 0 Å². The van der Waals surface area contributed by atoms with E-state index < -0.39 is 0 Å². The van der Waals surface area contributed by atoms with Crippen molar-refractivity contribution in [2.45, 2.75) is 104 Å². The topological polar surface area (TPSA) is 67.4 Å². The molecule has 0 fully saturated rings. The van der Waals surface area contributed by atoms with Crippen LogP contribution in [0.25, 0.3) is 0 Å². The Morgan fingerprint density at radius 2 is 1.35 bits per heavy atom. The molecule has 0 unspecified atom stereocenters. The Balaban J connectivity index is 3.95. The number of urea groups is 1. The number of likely N-dealkylation sites (N-methyl/N-ethyl adjacent to an activating group) is 1. The van der Waals surface area contributed by atoms with E-state index in [0.29, 0.717) is 30.1 Å². The highest BCUT2D eigenvalue weighted by molar-refractivity contribution is 5.76. The van der Waals surface area contributed by atoms with Gasteiger partial charge in [0.15, 0.2) is 0 Å². The average Bonchev–Trinajstić information content (AvgIpc) is 2.65. The van der Waals surface area contributed by atoms with E-state index in [-0.39, 0.29) is 24.5 Å². The van der Waals surface area contributed by atoms with Crippen molar-refractivity contribution in [3.05, 3.63) is 0 Å². The Morgan fingerprint density at radius 1 is 0.839 bits per heavy atom. The lowest BCUT2D eigenvalue weighted by Gasteiger charge is -2.29. The summed E-state index contributed by atoms with van der Waals surface area (Å²) in [5, 5.41) is 5.91. The summed E-state index contributed by atoms with van der Waals surface area (Å²) < 4.78 is 5.96. The van der Waals surface area contributed by atoms with Crippen LogP contribution in [0, 0.1) is 5.92 Å².